The number of carbonyl (C=O) groups excluding carboxylic acids is 1. The molecule has 2 fully saturated rings. The molecule has 1 atom stereocenters. The quantitative estimate of drug-likeness (QED) is 0.828. The standard InChI is InChI=1S/C15H26N2O4/c1-2-13-10-21-8-7-17(13)15(20)16-9-11-3-5-12(6-4-11)14(18)19/h11-13H,2-10H2,1H3,(H,16,20)(H,18,19). The largest absolute Gasteiger partial charge is 0.481 e. The molecule has 0 bridgehead atoms. The number of ether oxygens (including phenoxy) is 1. The molecular formula is C15H26N2O4. The zero-order valence-electron chi connectivity index (χ0n) is 12.7. The molecule has 1 aliphatic heterocycles. The molecule has 0 spiro atoms. The molecule has 120 valence electrons. The van der Waals surface area contributed by atoms with E-state index in [-0.39, 0.29) is 18.0 Å². The van der Waals surface area contributed by atoms with Crippen LogP contribution in [-0.2, 0) is 9.53 Å². The molecule has 1 saturated heterocycles. The fraction of sp³-hybridized carbons (Fsp3) is 0.867. The minimum absolute atomic E-state index is 0.00879. The lowest BCUT2D eigenvalue weighted by Gasteiger charge is -2.35. The summed E-state index contributed by atoms with van der Waals surface area (Å²) in [5.41, 5.74) is 0. The fourth-order valence-corrected chi connectivity index (χ4v) is 3.21. The van der Waals surface area contributed by atoms with E-state index in [1.807, 2.05) is 4.90 Å². The number of hydrogen-bond donors (Lipinski definition) is 2. The molecule has 6 heteroatoms. The van der Waals surface area contributed by atoms with E-state index in [0.717, 1.165) is 32.1 Å². The summed E-state index contributed by atoms with van der Waals surface area (Å²) in [6.45, 7) is 4.59. The average molecular weight is 298 g/mol. The molecule has 6 nitrogen and oxygen atoms in total. The molecule has 0 aromatic rings. The van der Waals surface area contributed by atoms with Crippen molar-refractivity contribution in [2.45, 2.75) is 45.1 Å². The van der Waals surface area contributed by atoms with Gasteiger partial charge in [0.15, 0.2) is 0 Å². The van der Waals surface area contributed by atoms with Gasteiger partial charge in [-0.05, 0) is 38.0 Å². The lowest BCUT2D eigenvalue weighted by Crippen LogP contribution is -2.52. The maximum Gasteiger partial charge on any atom is 0.317 e. The van der Waals surface area contributed by atoms with Crippen LogP contribution in [0.5, 0.6) is 0 Å². The van der Waals surface area contributed by atoms with Crippen molar-refractivity contribution in [3.8, 4) is 0 Å². The number of carboxylic acids is 1. The molecule has 1 aliphatic carbocycles. The van der Waals surface area contributed by atoms with Crippen LogP contribution in [0.3, 0.4) is 0 Å². The van der Waals surface area contributed by atoms with Crippen LogP contribution in [0.2, 0.25) is 0 Å². The molecule has 2 aliphatic rings. The molecule has 2 rings (SSSR count). The van der Waals surface area contributed by atoms with Crippen LogP contribution in [0.25, 0.3) is 0 Å². The van der Waals surface area contributed by atoms with Crippen LogP contribution in [-0.4, -0.2) is 54.4 Å². The van der Waals surface area contributed by atoms with Gasteiger partial charge in [0.25, 0.3) is 0 Å². The normalized spacial score (nSPS) is 30.0. The van der Waals surface area contributed by atoms with Crippen molar-refractivity contribution < 1.29 is 19.4 Å². The molecule has 0 radical (unpaired) electrons. The van der Waals surface area contributed by atoms with Crippen molar-refractivity contribution in [2.75, 3.05) is 26.3 Å². The molecule has 21 heavy (non-hydrogen) atoms. The van der Waals surface area contributed by atoms with Gasteiger partial charge in [0, 0.05) is 13.1 Å². The third kappa shape index (κ3) is 4.33. The van der Waals surface area contributed by atoms with Crippen LogP contribution in [0.1, 0.15) is 39.0 Å². The summed E-state index contributed by atoms with van der Waals surface area (Å²) in [7, 11) is 0. The summed E-state index contributed by atoms with van der Waals surface area (Å²) in [4.78, 5) is 25.0. The van der Waals surface area contributed by atoms with Crippen LogP contribution in [0.15, 0.2) is 0 Å². The van der Waals surface area contributed by atoms with Gasteiger partial charge < -0.3 is 20.1 Å². The van der Waals surface area contributed by atoms with Crippen molar-refractivity contribution in [3.05, 3.63) is 0 Å². The van der Waals surface area contributed by atoms with Crippen molar-refractivity contribution in [1.82, 2.24) is 10.2 Å². The summed E-state index contributed by atoms with van der Waals surface area (Å²) in [6.07, 6.45) is 4.13. The Morgan fingerprint density at radius 1 is 1.29 bits per heavy atom. The Kier molecular flexibility index (Phi) is 5.85. The number of carboxylic acid groups (broad SMARTS) is 1. The van der Waals surface area contributed by atoms with Gasteiger partial charge in [-0.15, -0.1) is 0 Å². The Balaban J connectivity index is 1.73. The Morgan fingerprint density at radius 2 is 2.00 bits per heavy atom. The van der Waals surface area contributed by atoms with Crippen LogP contribution in [0, 0.1) is 11.8 Å². The number of nitrogens with one attached hydrogen (secondary N) is 1. The number of aliphatic carboxylic acids is 1. The molecule has 1 heterocycles. The first-order chi connectivity index (χ1) is 10.1. The van der Waals surface area contributed by atoms with Crippen molar-refractivity contribution in [2.24, 2.45) is 11.8 Å². The first-order valence-corrected chi connectivity index (χ1v) is 7.96. The summed E-state index contributed by atoms with van der Waals surface area (Å²) in [5, 5.41) is 12.0. The highest BCUT2D eigenvalue weighted by atomic mass is 16.5. The maximum absolute atomic E-state index is 12.2. The smallest absolute Gasteiger partial charge is 0.317 e. The number of urea groups is 1. The van der Waals surface area contributed by atoms with Crippen molar-refractivity contribution in [1.29, 1.82) is 0 Å². The number of carbonyl (C=O) groups is 2. The molecular weight excluding hydrogens is 272 g/mol. The average Bonchev–Trinajstić information content (AvgIpc) is 2.52. The van der Waals surface area contributed by atoms with E-state index < -0.39 is 5.97 Å². The number of nitrogens with zero attached hydrogens (tertiary/aromatic N) is 1. The SMILES string of the molecule is CCC1COCCN1C(=O)NCC1CCC(C(=O)O)CC1. The van der Waals surface area contributed by atoms with E-state index in [0.29, 0.717) is 32.2 Å². The van der Waals surface area contributed by atoms with Crippen LogP contribution in [0.4, 0.5) is 4.79 Å². The van der Waals surface area contributed by atoms with Gasteiger partial charge in [-0.3, -0.25) is 4.79 Å². The van der Waals surface area contributed by atoms with Gasteiger partial charge in [-0.2, -0.15) is 0 Å². The molecule has 2 N–H and O–H groups in total. The predicted molar refractivity (Wildman–Crippen MR) is 78.1 cm³/mol. The summed E-state index contributed by atoms with van der Waals surface area (Å²) in [5.74, 6) is -0.470. The first kappa shape index (κ1) is 16.1. The number of amides is 2. The highest BCUT2D eigenvalue weighted by Gasteiger charge is 2.28. The number of hydrogen-bond acceptors (Lipinski definition) is 3. The zero-order valence-corrected chi connectivity index (χ0v) is 12.7. The third-order valence-corrected chi connectivity index (χ3v) is 4.70. The minimum atomic E-state index is -0.684. The first-order valence-electron chi connectivity index (χ1n) is 7.96. The molecule has 2 amide bonds. The minimum Gasteiger partial charge on any atom is -0.481 e. The van der Waals surface area contributed by atoms with E-state index in [1.165, 1.54) is 0 Å². The Labute approximate surface area is 125 Å². The van der Waals surface area contributed by atoms with E-state index in [2.05, 4.69) is 12.2 Å². The predicted octanol–water partition coefficient (Wildman–Crippen LogP) is 1.70. The summed E-state index contributed by atoms with van der Waals surface area (Å²) >= 11 is 0. The fourth-order valence-electron chi connectivity index (χ4n) is 3.21. The van der Waals surface area contributed by atoms with Gasteiger partial charge in [0.2, 0.25) is 0 Å². The Bertz CT molecular complexity index is 367. The second kappa shape index (κ2) is 7.64. The molecule has 1 saturated carbocycles. The molecule has 0 aromatic carbocycles. The van der Waals surface area contributed by atoms with Crippen LogP contribution >= 0.6 is 0 Å². The molecule has 0 aromatic heterocycles. The third-order valence-electron chi connectivity index (χ3n) is 4.70. The number of rotatable bonds is 4. The van der Waals surface area contributed by atoms with E-state index in [4.69, 9.17) is 9.84 Å². The van der Waals surface area contributed by atoms with Gasteiger partial charge in [-0.1, -0.05) is 6.92 Å². The second-order valence-corrected chi connectivity index (χ2v) is 6.07. The van der Waals surface area contributed by atoms with Gasteiger partial charge in [-0.25, -0.2) is 4.79 Å². The monoisotopic (exact) mass is 298 g/mol. The zero-order chi connectivity index (χ0) is 15.2. The van der Waals surface area contributed by atoms with Crippen molar-refractivity contribution in [3.63, 3.8) is 0 Å². The lowest BCUT2D eigenvalue weighted by molar-refractivity contribution is -0.143. The van der Waals surface area contributed by atoms with Gasteiger partial charge in [0.1, 0.15) is 0 Å². The van der Waals surface area contributed by atoms with Gasteiger partial charge >= 0.3 is 12.0 Å². The summed E-state index contributed by atoms with van der Waals surface area (Å²) < 4.78 is 5.40. The topological polar surface area (TPSA) is 78.9 Å². The van der Waals surface area contributed by atoms with E-state index >= 15 is 0 Å². The van der Waals surface area contributed by atoms with Crippen molar-refractivity contribution >= 4 is 12.0 Å². The van der Waals surface area contributed by atoms with Crippen LogP contribution < -0.4 is 5.32 Å². The molecule has 1 unspecified atom stereocenters. The highest BCUT2D eigenvalue weighted by Crippen LogP contribution is 2.28. The second-order valence-electron chi connectivity index (χ2n) is 6.07. The Hall–Kier alpha value is -1.30. The maximum atomic E-state index is 12.2. The van der Waals surface area contributed by atoms with Gasteiger partial charge in [0.05, 0.1) is 25.2 Å². The number of morpholine rings is 1. The van der Waals surface area contributed by atoms with E-state index in [9.17, 15) is 9.59 Å². The highest BCUT2D eigenvalue weighted by molar-refractivity contribution is 5.74. The summed E-state index contributed by atoms with van der Waals surface area (Å²) in [6, 6.07) is 0.159. The Morgan fingerprint density at radius 3 is 2.62 bits per heavy atom. The van der Waals surface area contributed by atoms with E-state index in [1.54, 1.807) is 0 Å². The lowest BCUT2D eigenvalue weighted by atomic mass is 9.82.